The molecule has 0 aliphatic rings. The highest BCUT2D eigenvalue weighted by atomic mass is 14.3. The van der Waals surface area contributed by atoms with E-state index in [1.54, 1.807) is 0 Å². The van der Waals surface area contributed by atoms with Crippen molar-refractivity contribution in [2.24, 2.45) is 0 Å². The Labute approximate surface area is 92.7 Å². The topological polar surface area (TPSA) is 23.8 Å². The summed E-state index contributed by atoms with van der Waals surface area (Å²) >= 11 is 0. The highest BCUT2D eigenvalue weighted by Crippen LogP contribution is 2.27. The number of hydrogen-bond donors (Lipinski definition) is 0. The molecule has 1 aromatic carbocycles. The van der Waals surface area contributed by atoms with Gasteiger partial charge in [-0.05, 0) is 41.5 Å². The van der Waals surface area contributed by atoms with Crippen LogP contribution in [0.2, 0.25) is 0 Å². The molecule has 1 heteroatoms. The summed E-state index contributed by atoms with van der Waals surface area (Å²) < 4.78 is 0. The zero-order chi connectivity index (χ0) is 11.6. The van der Waals surface area contributed by atoms with Crippen molar-refractivity contribution in [3.63, 3.8) is 0 Å². The summed E-state index contributed by atoms with van der Waals surface area (Å²) in [6, 6.07) is 6.55. The molecule has 0 radical (unpaired) electrons. The van der Waals surface area contributed by atoms with Crippen LogP contribution in [0.15, 0.2) is 12.1 Å². The predicted molar refractivity (Wildman–Crippen MR) is 64.1 cm³/mol. The van der Waals surface area contributed by atoms with Gasteiger partial charge in [-0.2, -0.15) is 5.26 Å². The van der Waals surface area contributed by atoms with Crippen LogP contribution in [-0.2, 0) is 0 Å². The van der Waals surface area contributed by atoms with Crippen molar-refractivity contribution in [3.05, 3.63) is 34.4 Å². The van der Waals surface area contributed by atoms with Gasteiger partial charge in [0.2, 0.25) is 0 Å². The van der Waals surface area contributed by atoms with Crippen LogP contribution in [0.5, 0.6) is 0 Å². The van der Waals surface area contributed by atoms with Gasteiger partial charge in [-0.25, -0.2) is 0 Å². The van der Waals surface area contributed by atoms with E-state index in [1.165, 1.54) is 11.1 Å². The Kier molecular flexibility index (Phi) is 3.52. The van der Waals surface area contributed by atoms with E-state index < -0.39 is 0 Å². The smallest absolute Gasteiger partial charge is 0.0994 e. The Balaban J connectivity index is 3.40. The molecule has 15 heavy (non-hydrogen) atoms. The van der Waals surface area contributed by atoms with Crippen molar-refractivity contribution in [2.75, 3.05) is 0 Å². The van der Waals surface area contributed by atoms with Crippen LogP contribution >= 0.6 is 0 Å². The molecule has 0 fully saturated rings. The van der Waals surface area contributed by atoms with E-state index in [9.17, 15) is 0 Å². The van der Waals surface area contributed by atoms with Crippen molar-refractivity contribution in [1.29, 1.82) is 5.26 Å². The summed E-state index contributed by atoms with van der Waals surface area (Å²) in [5.41, 5.74) is 4.53. The van der Waals surface area contributed by atoms with Crippen molar-refractivity contribution < 1.29 is 0 Å². The van der Waals surface area contributed by atoms with Gasteiger partial charge in [0.1, 0.15) is 0 Å². The van der Waals surface area contributed by atoms with Crippen molar-refractivity contribution in [1.82, 2.24) is 0 Å². The monoisotopic (exact) mass is 201 g/mol. The SMILES string of the molecule is Cc1c(C#N)cc(C(C)C)cc1C(C)C. The summed E-state index contributed by atoms with van der Waals surface area (Å²) in [7, 11) is 0. The lowest BCUT2D eigenvalue weighted by Crippen LogP contribution is -1.99. The molecule has 0 saturated heterocycles. The maximum atomic E-state index is 9.08. The highest BCUT2D eigenvalue weighted by molar-refractivity contribution is 5.47. The minimum Gasteiger partial charge on any atom is -0.192 e. The van der Waals surface area contributed by atoms with Gasteiger partial charge >= 0.3 is 0 Å². The minimum atomic E-state index is 0.482. The largest absolute Gasteiger partial charge is 0.192 e. The molecule has 0 bridgehead atoms. The van der Waals surface area contributed by atoms with E-state index in [4.69, 9.17) is 5.26 Å². The van der Waals surface area contributed by atoms with E-state index in [2.05, 4.69) is 39.8 Å². The van der Waals surface area contributed by atoms with Gasteiger partial charge in [-0.15, -0.1) is 0 Å². The standard InChI is InChI=1S/C14H19N/c1-9(2)12-6-13(8-15)11(5)14(7-12)10(3)4/h6-7,9-10H,1-5H3. The lowest BCUT2D eigenvalue weighted by atomic mass is 9.89. The van der Waals surface area contributed by atoms with Crippen LogP contribution in [0.1, 0.15) is 61.8 Å². The molecule has 0 spiro atoms. The third kappa shape index (κ3) is 2.39. The number of nitriles is 1. The fraction of sp³-hybridized carbons (Fsp3) is 0.500. The molecule has 0 heterocycles. The Morgan fingerprint density at radius 2 is 1.67 bits per heavy atom. The summed E-state index contributed by atoms with van der Waals surface area (Å²) in [5.74, 6) is 0.964. The van der Waals surface area contributed by atoms with Gasteiger partial charge in [0, 0.05) is 0 Å². The van der Waals surface area contributed by atoms with Gasteiger partial charge in [-0.1, -0.05) is 33.8 Å². The molecule has 1 nitrogen and oxygen atoms in total. The first-order valence-electron chi connectivity index (χ1n) is 5.52. The molecule has 0 aliphatic heterocycles. The summed E-state index contributed by atoms with van der Waals surface area (Å²) in [5, 5.41) is 9.08. The molecule has 0 aromatic heterocycles. The third-order valence-electron chi connectivity index (χ3n) is 2.88. The van der Waals surface area contributed by atoms with Crippen molar-refractivity contribution in [3.8, 4) is 6.07 Å². The molecule has 0 aliphatic carbocycles. The molecule has 0 N–H and O–H groups in total. The summed E-state index contributed by atoms with van der Waals surface area (Å²) in [4.78, 5) is 0. The van der Waals surface area contributed by atoms with Crippen LogP contribution in [-0.4, -0.2) is 0 Å². The van der Waals surface area contributed by atoms with Gasteiger partial charge in [0.25, 0.3) is 0 Å². The van der Waals surface area contributed by atoms with Gasteiger partial charge in [-0.3, -0.25) is 0 Å². The molecule has 0 unspecified atom stereocenters. The fourth-order valence-corrected chi connectivity index (χ4v) is 1.81. The number of benzene rings is 1. The van der Waals surface area contributed by atoms with Gasteiger partial charge < -0.3 is 0 Å². The van der Waals surface area contributed by atoms with Crippen LogP contribution in [0.3, 0.4) is 0 Å². The third-order valence-corrected chi connectivity index (χ3v) is 2.88. The van der Waals surface area contributed by atoms with Crippen LogP contribution in [0, 0.1) is 18.3 Å². The molecular formula is C14H19N. The average Bonchev–Trinajstić information content (AvgIpc) is 2.17. The molecular weight excluding hydrogens is 182 g/mol. The van der Waals surface area contributed by atoms with E-state index in [1.807, 2.05) is 13.0 Å². The highest BCUT2D eigenvalue weighted by Gasteiger charge is 2.11. The fourth-order valence-electron chi connectivity index (χ4n) is 1.81. The Morgan fingerprint density at radius 3 is 2.07 bits per heavy atom. The van der Waals surface area contributed by atoms with E-state index in [0.29, 0.717) is 11.8 Å². The van der Waals surface area contributed by atoms with Crippen LogP contribution < -0.4 is 0 Å². The van der Waals surface area contributed by atoms with E-state index in [-0.39, 0.29) is 0 Å². The molecule has 0 amide bonds. The number of nitrogens with zero attached hydrogens (tertiary/aromatic N) is 1. The maximum absolute atomic E-state index is 9.08. The second-order valence-corrected chi connectivity index (χ2v) is 4.70. The molecule has 0 saturated carbocycles. The second kappa shape index (κ2) is 4.49. The maximum Gasteiger partial charge on any atom is 0.0994 e. The molecule has 80 valence electrons. The lowest BCUT2D eigenvalue weighted by Gasteiger charge is -2.15. The minimum absolute atomic E-state index is 0.482. The molecule has 0 atom stereocenters. The first kappa shape index (κ1) is 11.8. The predicted octanol–water partition coefficient (Wildman–Crippen LogP) is 4.11. The van der Waals surface area contributed by atoms with E-state index in [0.717, 1.165) is 11.1 Å². The van der Waals surface area contributed by atoms with Crippen LogP contribution in [0.25, 0.3) is 0 Å². The van der Waals surface area contributed by atoms with Gasteiger partial charge in [0.15, 0.2) is 0 Å². The Hall–Kier alpha value is -1.29. The molecule has 1 rings (SSSR count). The number of hydrogen-bond acceptors (Lipinski definition) is 1. The quantitative estimate of drug-likeness (QED) is 0.706. The summed E-state index contributed by atoms with van der Waals surface area (Å²) in [6.07, 6.45) is 0. The van der Waals surface area contributed by atoms with E-state index >= 15 is 0 Å². The Bertz CT molecular complexity index is 395. The number of rotatable bonds is 2. The van der Waals surface area contributed by atoms with Crippen LogP contribution in [0.4, 0.5) is 0 Å². The average molecular weight is 201 g/mol. The van der Waals surface area contributed by atoms with Gasteiger partial charge in [0.05, 0.1) is 11.6 Å². The summed E-state index contributed by atoms with van der Waals surface area (Å²) in [6.45, 7) is 10.7. The zero-order valence-corrected chi connectivity index (χ0v) is 10.3. The zero-order valence-electron chi connectivity index (χ0n) is 10.3. The first-order valence-corrected chi connectivity index (χ1v) is 5.52. The van der Waals surface area contributed by atoms with Crippen molar-refractivity contribution >= 4 is 0 Å². The lowest BCUT2D eigenvalue weighted by molar-refractivity contribution is 0.825. The Morgan fingerprint density at radius 1 is 1.07 bits per heavy atom. The van der Waals surface area contributed by atoms with Crippen molar-refractivity contribution in [2.45, 2.75) is 46.5 Å². The first-order chi connectivity index (χ1) is 6.97. The molecule has 1 aromatic rings. The normalized spacial score (nSPS) is 10.8. The second-order valence-electron chi connectivity index (χ2n) is 4.70.